The molecular formula is C36H44O. The van der Waals surface area contributed by atoms with E-state index in [0.29, 0.717) is 17.1 Å². The summed E-state index contributed by atoms with van der Waals surface area (Å²) in [5, 5.41) is 0. The fraction of sp³-hybridized carbons (Fsp3) is 0.528. The van der Waals surface area contributed by atoms with Crippen molar-refractivity contribution in [3.63, 3.8) is 0 Å². The zero-order valence-corrected chi connectivity index (χ0v) is 23.1. The summed E-state index contributed by atoms with van der Waals surface area (Å²) in [6.07, 6.45) is 15.6. The van der Waals surface area contributed by atoms with Gasteiger partial charge >= 0.3 is 0 Å². The summed E-state index contributed by atoms with van der Waals surface area (Å²) >= 11 is 0. The van der Waals surface area contributed by atoms with Gasteiger partial charge in [0.15, 0.2) is 5.78 Å². The van der Waals surface area contributed by atoms with Gasteiger partial charge in [0.25, 0.3) is 0 Å². The van der Waals surface area contributed by atoms with Gasteiger partial charge in [0.05, 0.1) is 0 Å². The van der Waals surface area contributed by atoms with Crippen LogP contribution in [0.4, 0.5) is 0 Å². The Morgan fingerprint density at radius 3 is 2.22 bits per heavy atom. The highest BCUT2D eigenvalue weighted by Gasteiger charge is 2.59. The third-order valence-corrected chi connectivity index (χ3v) is 11.6. The van der Waals surface area contributed by atoms with Gasteiger partial charge in [0, 0.05) is 6.42 Å². The summed E-state index contributed by atoms with van der Waals surface area (Å²) in [4.78, 5) is 12.2. The number of allylic oxidation sites excluding steroid dienone is 2. The molecule has 0 saturated heterocycles. The minimum Gasteiger partial charge on any atom is -0.295 e. The summed E-state index contributed by atoms with van der Waals surface area (Å²) in [7, 11) is 0. The van der Waals surface area contributed by atoms with Gasteiger partial charge < -0.3 is 0 Å². The topological polar surface area (TPSA) is 17.1 Å². The number of carbonyl (C=O) groups excluding carboxylic acids is 1. The quantitative estimate of drug-likeness (QED) is 0.406. The van der Waals surface area contributed by atoms with E-state index in [9.17, 15) is 4.79 Å². The lowest BCUT2D eigenvalue weighted by Crippen LogP contribution is -2.50. The summed E-state index contributed by atoms with van der Waals surface area (Å²) in [6.45, 7) is 7.71. The van der Waals surface area contributed by atoms with E-state index in [4.69, 9.17) is 0 Å². The van der Waals surface area contributed by atoms with Crippen LogP contribution in [0, 0.1) is 40.4 Å². The molecule has 194 valence electrons. The molecule has 2 aromatic carbocycles. The smallest absolute Gasteiger partial charge is 0.155 e. The molecule has 0 radical (unpaired) electrons. The average molecular weight is 493 g/mol. The lowest BCUT2D eigenvalue weighted by atomic mass is 9.46. The van der Waals surface area contributed by atoms with Gasteiger partial charge in [0.1, 0.15) is 0 Å². The number of fused-ring (bicyclic) bond motifs is 5. The first kappa shape index (κ1) is 24.9. The highest BCUT2D eigenvalue weighted by atomic mass is 16.1. The van der Waals surface area contributed by atoms with E-state index in [2.05, 4.69) is 93.6 Å². The summed E-state index contributed by atoms with van der Waals surface area (Å²) < 4.78 is 0. The summed E-state index contributed by atoms with van der Waals surface area (Å²) in [5.74, 6) is 4.37. The molecule has 7 unspecified atom stereocenters. The van der Waals surface area contributed by atoms with Crippen LogP contribution in [0.15, 0.2) is 78.4 Å². The molecule has 4 aliphatic carbocycles. The summed E-state index contributed by atoms with van der Waals surface area (Å²) in [5.41, 5.74) is 6.27. The molecule has 2 aromatic rings. The van der Waals surface area contributed by atoms with Crippen molar-refractivity contribution in [3.05, 3.63) is 89.5 Å². The van der Waals surface area contributed by atoms with Crippen LogP contribution in [0.2, 0.25) is 0 Å². The van der Waals surface area contributed by atoms with Gasteiger partial charge in [-0.3, -0.25) is 4.79 Å². The Bertz CT molecular complexity index is 1150. The van der Waals surface area contributed by atoms with Crippen molar-refractivity contribution >= 4 is 11.4 Å². The average Bonchev–Trinajstić information content (AvgIpc) is 3.28. The largest absolute Gasteiger partial charge is 0.295 e. The van der Waals surface area contributed by atoms with Crippen molar-refractivity contribution in [1.29, 1.82) is 0 Å². The predicted molar refractivity (Wildman–Crippen MR) is 154 cm³/mol. The lowest BCUT2D eigenvalue weighted by molar-refractivity contribution is -0.117. The molecule has 0 aromatic heterocycles. The zero-order chi connectivity index (χ0) is 25.6. The van der Waals surface area contributed by atoms with Gasteiger partial charge in [0.2, 0.25) is 0 Å². The highest BCUT2D eigenvalue weighted by Crippen LogP contribution is 2.67. The molecule has 0 aliphatic heterocycles. The minimum atomic E-state index is 0.283. The van der Waals surface area contributed by atoms with Crippen LogP contribution in [0.1, 0.15) is 89.7 Å². The Balaban J connectivity index is 1.22. The molecule has 0 amide bonds. The molecule has 0 heterocycles. The third-order valence-electron chi connectivity index (χ3n) is 11.6. The highest BCUT2D eigenvalue weighted by molar-refractivity contribution is 5.91. The molecule has 1 nitrogen and oxygen atoms in total. The lowest BCUT2D eigenvalue weighted by Gasteiger charge is -2.58. The van der Waals surface area contributed by atoms with Gasteiger partial charge in [-0.2, -0.15) is 0 Å². The molecule has 7 atom stereocenters. The van der Waals surface area contributed by atoms with Crippen LogP contribution in [0.5, 0.6) is 0 Å². The minimum absolute atomic E-state index is 0.283. The van der Waals surface area contributed by atoms with E-state index in [0.717, 1.165) is 49.4 Å². The first-order valence-electron chi connectivity index (χ1n) is 14.9. The molecule has 37 heavy (non-hydrogen) atoms. The number of hydrogen-bond acceptors (Lipinski definition) is 1. The van der Waals surface area contributed by atoms with Crippen molar-refractivity contribution in [2.75, 3.05) is 0 Å². The van der Waals surface area contributed by atoms with Crippen LogP contribution in [-0.4, -0.2) is 5.78 Å². The Morgan fingerprint density at radius 1 is 0.865 bits per heavy atom. The molecule has 4 aliphatic rings. The number of carbonyl (C=O) groups is 1. The fourth-order valence-electron chi connectivity index (χ4n) is 9.64. The Kier molecular flexibility index (Phi) is 6.54. The maximum Gasteiger partial charge on any atom is 0.155 e. The molecule has 6 rings (SSSR count). The van der Waals surface area contributed by atoms with Gasteiger partial charge in [-0.15, -0.1) is 0 Å². The second kappa shape index (κ2) is 9.72. The van der Waals surface area contributed by atoms with Crippen molar-refractivity contribution in [2.24, 2.45) is 40.4 Å². The van der Waals surface area contributed by atoms with Crippen molar-refractivity contribution < 1.29 is 4.79 Å². The van der Waals surface area contributed by atoms with E-state index >= 15 is 0 Å². The predicted octanol–water partition coefficient (Wildman–Crippen LogP) is 9.29. The normalized spacial score (nSPS) is 35.5. The number of ketones is 1. The molecule has 1 heteroatoms. The molecule has 3 fully saturated rings. The Morgan fingerprint density at radius 2 is 1.54 bits per heavy atom. The van der Waals surface area contributed by atoms with E-state index in [1.54, 1.807) is 0 Å². The summed E-state index contributed by atoms with van der Waals surface area (Å²) in [6, 6.07) is 21.9. The second-order valence-electron chi connectivity index (χ2n) is 13.3. The molecular weight excluding hydrogens is 448 g/mol. The van der Waals surface area contributed by atoms with Gasteiger partial charge in [-0.25, -0.2) is 0 Å². The number of benzene rings is 2. The first-order valence-corrected chi connectivity index (χ1v) is 14.9. The molecule has 3 saturated carbocycles. The molecule has 0 N–H and O–H groups in total. The van der Waals surface area contributed by atoms with Gasteiger partial charge in [-0.1, -0.05) is 93.1 Å². The maximum absolute atomic E-state index is 12.2. The number of hydrogen-bond donors (Lipinski definition) is 0. The maximum atomic E-state index is 12.2. The van der Waals surface area contributed by atoms with E-state index < -0.39 is 0 Å². The fourth-order valence-corrected chi connectivity index (χ4v) is 9.64. The molecule has 0 spiro atoms. The van der Waals surface area contributed by atoms with E-state index in [1.165, 1.54) is 54.4 Å². The number of rotatable bonds is 5. The van der Waals surface area contributed by atoms with Crippen molar-refractivity contribution in [2.45, 2.75) is 78.6 Å². The standard InChI is InChI=1S/C36H44O/c1-25(14-16-30(26-10-6-4-7-11-26)27-12-8-5-9-13-27)32-18-19-33-31-17-15-28-24-29(37)20-22-35(28,2)34(31)21-23-36(32,33)3/h4-13,16,24-25,31-34H,14-15,17-23H2,1-3H3. The zero-order valence-electron chi connectivity index (χ0n) is 23.1. The second-order valence-corrected chi connectivity index (χ2v) is 13.3. The van der Waals surface area contributed by atoms with Crippen LogP contribution < -0.4 is 0 Å². The molecule has 0 bridgehead atoms. The van der Waals surface area contributed by atoms with Crippen molar-refractivity contribution in [3.8, 4) is 0 Å². The third kappa shape index (κ3) is 4.27. The van der Waals surface area contributed by atoms with Crippen LogP contribution in [-0.2, 0) is 4.79 Å². The Labute approximate surface area is 224 Å². The van der Waals surface area contributed by atoms with E-state index in [-0.39, 0.29) is 5.41 Å². The Hall–Kier alpha value is -2.41. The SMILES string of the molecule is CC(CC=C(c1ccccc1)c1ccccc1)C1CCC2C3CCC4=CC(=O)CCC4(C)C3CCC12C. The van der Waals surface area contributed by atoms with Crippen molar-refractivity contribution in [1.82, 2.24) is 0 Å². The van der Waals surface area contributed by atoms with Crippen LogP contribution in [0.25, 0.3) is 5.57 Å². The van der Waals surface area contributed by atoms with Gasteiger partial charge in [-0.05, 0) is 115 Å². The first-order chi connectivity index (χ1) is 17.9. The van der Waals surface area contributed by atoms with Crippen LogP contribution >= 0.6 is 0 Å². The van der Waals surface area contributed by atoms with E-state index in [1.807, 2.05) is 0 Å². The van der Waals surface area contributed by atoms with Crippen LogP contribution in [0.3, 0.4) is 0 Å². The monoisotopic (exact) mass is 492 g/mol.